The zero-order valence-corrected chi connectivity index (χ0v) is 10.1. The topological polar surface area (TPSA) is 56.5 Å². The summed E-state index contributed by atoms with van der Waals surface area (Å²) in [7, 11) is 1.67. The molecule has 1 aromatic rings. The number of nitrogens with two attached hydrogens (primary N) is 1. The van der Waals surface area contributed by atoms with Crippen molar-refractivity contribution in [1.29, 1.82) is 0 Å². The van der Waals surface area contributed by atoms with Crippen molar-refractivity contribution in [3.63, 3.8) is 0 Å². The normalized spacial score (nSPS) is 10.5. The predicted molar refractivity (Wildman–Crippen MR) is 67.0 cm³/mol. The maximum atomic E-state index is 5.99. The molecule has 90 valence electrons. The van der Waals surface area contributed by atoms with Gasteiger partial charge in [0.05, 0.1) is 24.1 Å². The molecule has 4 nitrogen and oxygen atoms in total. The Balaban J connectivity index is 2.70. The Morgan fingerprint density at radius 1 is 1.38 bits per heavy atom. The van der Waals surface area contributed by atoms with Gasteiger partial charge in [0.2, 0.25) is 0 Å². The Labute approximate surface area is 96.7 Å². The second-order valence-corrected chi connectivity index (χ2v) is 3.80. The number of benzene rings is 1. The highest BCUT2D eigenvalue weighted by atomic mass is 16.5. The number of nitrogen functional groups attached to an aromatic ring is 1. The van der Waals surface area contributed by atoms with E-state index in [1.54, 1.807) is 7.11 Å². The summed E-state index contributed by atoms with van der Waals surface area (Å²) in [6, 6.07) is 5.72. The molecule has 0 amide bonds. The number of hydrogen-bond acceptors (Lipinski definition) is 4. The molecule has 0 radical (unpaired) electrons. The van der Waals surface area contributed by atoms with Crippen LogP contribution in [-0.4, -0.2) is 26.4 Å². The Hall–Kier alpha value is -1.42. The maximum Gasteiger partial charge on any atom is 0.144 e. The van der Waals surface area contributed by atoms with Gasteiger partial charge in [-0.05, 0) is 26.0 Å². The van der Waals surface area contributed by atoms with Crippen LogP contribution in [-0.2, 0) is 4.74 Å². The smallest absolute Gasteiger partial charge is 0.144 e. The van der Waals surface area contributed by atoms with Gasteiger partial charge in [-0.25, -0.2) is 0 Å². The van der Waals surface area contributed by atoms with E-state index in [2.05, 4.69) is 5.32 Å². The van der Waals surface area contributed by atoms with Gasteiger partial charge in [-0.1, -0.05) is 6.07 Å². The molecule has 0 aromatic heterocycles. The van der Waals surface area contributed by atoms with E-state index < -0.39 is 0 Å². The van der Waals surface area contributed by atoms with Crippen LogP contribution in [0, 0.1) is 0 Å². The van der Waals surface area contributed by atoms with Gasteiger partial charge in [-0.3, -0.25) is 0 Å². The van der Waals surface area contributed by atoms with Gasteiger partial charge in [0, 0.05) is 13.7 Å². The molecule has 0 aliphatic rings. The van der Waals surface area contributed by atoms with E-state index in [4.69, 9.17) is 15.2 Å². The number of anilines is 2. The largest absolute Gasteiger partial charge is 0.489 e. The maximum absolute atomic E-state index is 5.99. The lowest BCUT2D eigenvalue weighted by Gasteiger charge is -2.15. The SMILES string of the molecule is COCCNc1cccc(OC(C)C)c1N. The van der Waals surface area contributed by atoms with Crippen LogP contribution in [0.15, 0.2) is 18.2 Å². The number of ether oxygens (including phenoxy) is 2. The number of rotatable bonds is 6. The molecule has 0 spiro atoms. The van der Waals surface area contributed by atoms with E-state index in [-0.39, 0.29) is 6.10 Å². The molecule has 0 saturated heterocycles. The van der Waals surface area contributed by atoms with Crippen molar-refractivity contribution in [2.75, 3.05) is 31.3 Å². The molecule has 0 saturated carbocycles. The highest BCUT2D eigenvalue weighted by molar-refractivity contribution is 5.72. The van der Waals surface area contributed by atoms with Gasteiger partial charge in [0.25, 0.3) is 0 Å². The van der Waals surface area contributed by atoms with Crippen LogP contribution in [0.1, 0.15) is 13.8 Å². The molecule has 0 unspecified atom stereocenters. The van der Waals surface area contributed by atoms with Crippen LogP contribution in [0.2, 0.25) is 0 Å². The van der Waals surface area contributed by atoms with Crippen LogP contribution in [0.4, 0.5) is 11.4 Å². The van der Waals surface area contributed by atoms with Gasteiger partial charge >= 0.3 is 0 Å². The first-order chi connectivity index (χ1) is 7.65. The summed E-state index contributed by atoms with van der Waals surface area (Å²) >= 11 is 0. The van der Waals surface area contributed by atoms with E-state index in [0.29, 0.717) is 12.3 Å². The van der Waals surface area contributed by atoms with Gasteiger partial charge in [-0.2, -0.15) is 0 Å². The predicted octanol–water partition coefficient (Wildman–Crippen LogP) is 2.11. The van der Waals surface area contributed by atoms with Crippen LogP contribution in [0.5, 0.6) is 5.75 Å². The van der Waals surface area contributed by atoms with Crippen LogP contribution < -0.4 is 15.8 Å². The Morgan fingerprint density at radius 3 is 2.75 bits per heavy atom. The zero-order chi connectivity index (χ0) is 12.0. The van der Waals surface area contributed by atoms with Crippen molar-refractivity contribution in [3.8, 4) is 5.75 Å². The Kier molecular flexibility index (Phi) is 4.92. The standard InChI is InChI=1S/C12H20N2O2/c1-9(2)16-11-6-4-5-10(12(11)13)14-7-8-15-3/h4-6,9,14H,7-8,13H2,1-3H3. The van der Waals surface area contributed by atoms with E-state index >= 15 is 0 Å². The third-order valence-corrected chi connectivity index (χ3v) is 2.05. The average Bonchev–Trinajstić information content (AvgIpc) is 2.23. The lowest BCUT2D eigenvalue weighted by molar-refractivity contribution is 0.210. The molecule has 16 heavy (non-hydrogen) atoms. The van der Waals surface area contributed by atoms with Crippen molar-refractivity contribution in [2.45, 2.75) is 20.0 Å². The second-order valence-electron chi connectivity index (χ2n) is 3.80. The third-order valence-electron chi connectivity index (χ3n) is 2.05. The molecule has 0 fully saturated rings. The van der Waals surface area contributed by atoms with Gasteiger partial charge in [0.15, 0.2) is 0 Å². The van der Waals surface area contributed by atoms with Crippen molar-refractivity contribution < 1.29 is 9.47 Å². The number of methoxy groups -OCH3 is 1. The second kappa shape index (κ2) is 6.23. The molecule has 0 atom stereocenters. The fourth-order valence-electron chi connectivity index (χ4n) is 1.34. The van der Waals surface area contributed by atoms with Crippen LogP contribution >= 0.6 is 0 Å². The van der Waals surface area contributed by atoms with E-state index in [1.165, 1.54) is 0 Å². The monoisotopic (exact) mass is 224 g/mol. The summed E-state index contributed by atoms with van der Waals surface area (Å²) in [4.78, 5) is 0. The first kappa shape index (κ1) is 12.6. The molecule has 0 bridgehead atoms. The first-order valence-corrected chi connectivity index (χ1v) is 5.43. The summed E-state index contributed by atoms with van der Waals surface area (Å²) in [6.07, 6.45) is 0.122. The van der Waals surface area contributed by atoms with E-state index in [9.17, 15) is 0 Å². The lowest BCUT2D eigenvalue weighted by Crippen LogP contribution is -2.11. The highest BCUT2D eigenvalue weighted by Crippen LogP contribution is 2.29. The van der Waals surface area contributed by atoms with E-state index in [1.807, 2.05) is 32.0 Å². The Morgan fingerprint density at radius 2 is 2.12 bits per heavy atom. The average molecular weight is 224 g/mol. The molecule has 0 aliphatic carbocycles. The molecule has 1 aromatic carbocycles. The summed E-state index contributed by atoms with van der Waals surface area (Å²) < 4.78 is 10.6. The minimum atomic E-state index is 0.122. The van der Waals surface area contributed by atoms with Gasteiger partial charge in [-0.15, -0.1) is 0 Å². The quantitative estimate of drug-likeness (QED) is 0.574. The van der Waals surface area contributed by atoms with Crippen molar-refractivity contribution >= 4 is 11.4 Å². The summed E-state index contributed by atoms with van der Waals surface area (Å²) in [5.41, 5.74) is 7.52. The first-order valence-electron chi connectivity index (χ1n) is 5.43. The fourth-order valence-corrected chi connectivity index (χ4v) is 1.34. The molecule has 0 aliphatic heterocycles. The van der Waals surface area contributed by atoms with E-state index in [0.717, 1.165) is 18.0 Å². The number of hydrogen-bond donors (Lipinski definition) is 2. The molecule has 4 heteroatoms. The number of para-hydroxylation sites is 1. The minimum absolute atomic E-state index is 0.122. The summed E-state index contributed by atoms with van der Waals surface area (Å²) in [6.45, 7) is 5.33. The van der Waals surface area contributed by atoms with Gasteiger partial charge < -0.3 is 20.5 Å². The molecular weight excluding hydrogens is 204 g/mol. The molecular formula is C12H20N2O2. The van der Waals surface area contributed by atoms with Crippen molar-refractivity contribution in [1.82, 2.24) is 0 Å². The molecule has 1 rings (SSSR count). The summed E-state index contributed by atoms with van der Waals surface area (Å²) in [5.74, 6) is 0.720. The highest BCUT2D eigenvalue weighted by Gasteiger charge is 2.06. The zero-order valence-electron chi connectivity index (χ0n) is 10.1. The van der Waals surface area contributed by atoms with Gasteiger partial charge in [0.1, 0.15) is 5.75 Å². The molecule has 3 N–H and O–H groups in total. The Bertz CT molecular complexity index is 327. The summed E-state index contributed by atoms with van der Waals surface area (Å²) in [5, 5.41) is 3.20. The molecule has 0 heterocycles. The van der Waals surface area contributed by atoms with Crippen molar-refractivity contribution in [2.24, 2.45) is 0 Å². The number of nitrogens with one attached hydrogen (secondary N) is 1. The van der Waals surface area contributed by atoms with Crippen molar-refractivity contribution in [3.05, 3.63) is 18.2 Å². The lowest BCUT2D eigenvalue weighted by atomic mass is 10.2. The minimum Gasteiger partial charge on any atom is -0.489 e. The fraction of sp³-hybridized carbons (Fsp3) is 0.500. The third kappa shape index (κ3) is 3.62. The van der Waals surface area contributed by atoms with Crippen LogP contribution in [0.25, 0.3) is 0 Å². The van der Waals surface area contributed by atoms with Crippen LogP contribution in [0.3, 0.4) is 0 Å².